The summed E-state index contributed by atoms with van der Waals surface area (Å²) in [6.07, 6.45) is 1.75. The number of aromatic amines is 1. The van der Waals surface area contributed by atoms with Crippen LogP contribution in [-0.4, -0.2) is 27.0 Å². The first-order valence-corrected chi connectivity index (χ1v) is 13.0. The Balaban J connectivity index is 2.24. The van der Waals surface area contributed by atoms with Crippen LogP contribution in [0.4, 0.5) is 13.2 Å². The molecule has 2 aromatic carbocycles. The summed E-state index contributed by atoms with van der Waals surface area (Å²) in [5.74, 6) is -0.268. The SMILES string of the molecule is C[Si](C)(C)c1cc2[nH]cc(-c3ccccc3)c2cc1OS(=O)(=O)C(F)(F)F. The molecule has 0 fully saturated rings. The molecule has 1 heterocycles. The van der Waals surface area contributed by atoms with Gasteiger partial charge in [-0.3, -0.25) is 0 Å². The van der Waals surface area contributed by atoms with Crippen molar-refractivity contribution < 1.29 is 25.8 Å². The lowest BCUT2D eigenvalue weighted by atomic mass is 10.0. The maximum absolute atomic E-state index is 12.8. The molecular formula is C18H18F3NO3SSi. The van der Waals surface area contributed by atoms with Crippen molar-refractivity contribution in [2.24, 2.45) is 0 Å². The smallest absolute Gasteiger partial charge is 0.376 e. The van der Waals surface area contributed by atoms with Crippen molar-refractivity contribution in [2.45, 2.75) is 25.1 Å². The highest BCUT2D eigenvalue weighted by Gasteiger charge is 2.49. The van der Waals surface area contributed by atoms with E-state index in [1.54, 1.807) is 12.3 Å². The van der Waals surface area contributed by atoms with Crippen LogP contribution in [0.1, 0.15) is 0 Å². The molecule has 0 saturated carbocycles. The zero-order valence-corrected chi connectivity index (χ0v) is 16.7. The lowest BCUT2D eigenvalue weighted by molar-refractivity contribution is -0.0499. The van der Waals surface area contributed by atoms with Gasteiger partial charge in [0.2, 0.25) is 0 Å². The predicted octanol–water partition coefficient (Wildman–Crippen LogP) is 4.61. The van der Waals surface area contributed by atoms with Crippen LogP contribution >= 0.6 is 0 Å². The third kappa shape index (κ3) is 3.74. The zero-order chi connectivity index (χ0) is 20.0. The van der Waals surface area contributed by atoms with Gasteiger partial charge < -0.3 is 9.17 Å². The van der Waals surface area contributed by atoms with Gasteiger partial charge in [-0.15, -0.1) is 0 Å². The average molecular weight is 413 g/mol. The third-order valence-corrected chi connectivity index (χ3v) is 7.13. The number of benzene rings is 2. The van der Waals surface area contributed by atoms with Crippen molar-refractivity contribution in [1.82, 2.24) is 4.98 Å². The summed E-state index contributed by atoms with van der Waals surface area (Å²) < 4.78 is 66.3. The first-order chi connectivity index (χ1) is 12.4. The number of alkyl halides is 3. The molecule has 0 bridgehead atoms. The maximum atomic E-state index is 12.8. The monoisotopic (exact) mass is 413 g/mol. The fourth-order valence-corrected chi connectivity index (χ4v) is 4.81. The van der Waals surface area contributed by atoms with Crippen LogP contribution in [0.2, 0.25) is 19.6 Å². The van der Waals surface area contributed by atoms with E-state index >= 15 is 0 Å². The van der Waals surface area contributed by atoms with Gasteiger partial charge in [-0.05, 0) is 22.9 Å². The van der Waals surface area contributed by atoms with Gasteiger partial charge in [-0.25, -0.2) is 0 Å². The standard InChI is InChI=1S/C18H18F3NO3SSi/c1-27(2,3)17-10-15-13(9-16(17)25-26(23,24)18(19,20)21)14(11-22-15)12-7-5-4-6-8-12/h4-11,22H,1-3H3. The van der Waals surface area contributed by atoms with Crippen LogP contribution in [0.3, 0.4) is 0 Å². The van der Waals surface area contributed by atoms with E-state index in [0.29, 0.717) is 16.1 Å². The number of halogens is 3. The molecule has 0 saturated heterocycles. The third-order valence-electron chi connectivity index (χ3n) is 4.16. The van der Waals surface area contributed by atoms with E-state index in [1.807, 2.05) is 50.0 Å². The van der Waals surface area contributed by atoms with Gasteiger partial charge in [-0.2, -0.15) is 21.6 Å². The van der Waals surface area contributed by atoms with Gasteiger partial charge in [0.05, 0.1) is 8.07 Å². The molecular weight excluding hydrogens is 395 g/mol. The average Bonchev–Trinajstić information content (AvgIpc) is 2.95. The summed E-state index contributed by atoms with van der Waals surface area (Å²) in [5.41, 5.74) is -3.17. The van der Waals surface area contributed by atoms with E-state index in [4.69, 9.17) is 0 Å². The highest BCUT2D eigenvalue weighted by molar-refractivity contribution is 7.88. The van der Waals surface area contributed by atoms with Crippen molar-refractivity contribution in [1.29, 1.82) is 0 Å². The minimum atomic E-state index is -5.75. The molecule has 144 valence electrons. The Bertz CT molecular complexity index is 1080. The van der Waals surface area contributed by atoms with Crippen molar-refractivity contribution in [3.8, 4) is 16.9 Å². The second-order valence-corrected chi connectivity index (χ2v) is 13.8. The first kappa shape index (κ1) is 19.5. The molecule has 3 rings (SSSR count). The van der Waals surface area contributed by atoms with Crippen molar-refractivity contribution >= 4 is 34.3 Å². The first-order valence-electron chi connectivity index (χ1n) is 8.12. The van der Waals surface area contributed by atoms with E-state index in [-0.39, 0.29) is 5.75 Å². The molecule has 4 nitrogen and oxygen atoms in total. The molecule has 27 heavy (non-hydrogen) atoms. The summed E-state index contributed by atoms with van der Waals surface area (Å²) in [5, 5.41) is 1.08. The molecule has 0 amide bonds. The summed E-state index contributed by atoms with van der Waals surface area (Å²) in [4.78, 5) is 3.11. The quantitative estimate of drug-likeness (QED) is 0.386. The summed E-state index contributed by atoms with van der Waals surface area (Å²) in [6.45, 7) is 5.72. The predicted molar refractivity (Wildman–Crippen MR) is 102 cm³/mol. The molecule has 0 aliphatic carbocycles. The van der Waals surface area contributed by atoms with Gasteiger partial charge >= 0.3 is 15.6 Å². The van der Waals surface area contributed by atoms with E-state index in [2.05, 4.69) is 9.17 Å². The molecule has 1 N–H and O–H groups in total. The van der Waals surface area contributed by atoms with E-state index < -0.39 is 23.7 Å². The largest absolute Gasteiger partial charge is 0.534 e. The number of rotatable bonds is 4. The fourth-order valence-electron chi connectivity index (χ4n) is 2.83. The zero-order valence-electron chi connectivity index (χ0n) is 14.9. The molecule has 0 aliphatic rings. The molecule has 0 aliphatic heterocycles. The van der Waals surface area contributed by atoms with Crippen molar-refractivity contribution in [2.75, 3.05) is 0 Å². The Morgan fingerprint density at radius 3 is 2.22 bits per heavy atom. The maximum Gasteiger partial charge on any atom is 0.534 e. The van der Waals surface area contributed by atoms with Crippen LogP contribution in [-0.2, 0) is 10.1 Å². The second-order valence-electron chi connectivity index (χ2n) is 7.20. The van der Waals surface area contributed by atoms with Crippen LogP contribution in [0, 0.1) is 0 Å². The fraction of sp³-hybridized carbons (Fsp3) is 0.222. The van der Waals surface area contributed by atoms with Gasteiger partial charge in [0.15, 0.2) is 0 Å². The molecule has 0 atom stereocenters. The lowest BCUT2D eigenvalue weighted by Crippen LogP contribution is -2.40. The van der Waals surface area contributed by atoms with E-state index in [0.717, 1.165) is 11.1 Å². The Hall–Kier alpha value is -2.26. The number of fused-ring (bicyclic) bond motifs is 1. The Kier molecular flexibility index (Phi) is 4.63. The number of hydrogen-bond acceptors (Lipinski definition) is 3. The van der Waals surface area contributed by atoms with Crippen molar-refractivity contribution in [3.05, 3.63) is 48.7 Å². The molecule has 9 heteroatoms. The molecule has 0 spiro atoms. The number of nitrogens with one attached hydrogen (secondary N) is 1. The molecule has 1 aromatic heterocycles. The van der Waals surface area contributed by atoms with Crippen LogP contribution < -0.4 is 9.37 Å². The Labute approximate surface area is 156 Å². The highest BCUT2D eigenvalue weighted by atomic mass is 32.2. The highest BCUT2D eigenvalue weighted by Crippen LogP contribution is 2.33. The summed E-state index contributed by atoms with van der Waals surface area (Å²) in [6, 6.07) is 12.3. The van der Waals surface area contributed by atoms with Crippen molar-refractivity contribution in [3.63, 3.8) is 0 Å². The van der Waals surface area contributed by atoms with Gasteiger partial charge in [0.1, 0.15) is 5.75 Å². The minimum Gasteiger partial charge on any atom is -0.376 e. The van der Waals surface area contributed by atoms with Crippen LogP contribution in [0.25, 0.3) is 22.0 Å². The second kappa shape index (κ2) is 6.41. The number of H-pyrrole nitrogens is 1. The van der Waals surface area contributed by atoms with E-state index in [9.17, 15) is 21.6 Å². The normalized spacial score (nSPS) is 13.1. The summed E-state index contributed by atoms with van der Waals surface area (Å²) in [7, 11) is -7.95. The van der Waals surface area contributed by atoms with Gasteiger partial charge in [0.25, 0.3) is 0 Å². The minimum absolute atomic E-state index is 0.268. The molecule has 0 unspecified atom stereocenters. The Morgan fingerprint density at radius 2 is 1.67 bits per heavy atom. The molecule has 0 radical (unpaired) electrons. The van der Waals surface area contributed by atoms with Gasteiger partial charge in [0, 0.05) is 22.7 Å². The van der Waals surface area contributed by atoms with Crippen LogP contribution in [0.5, 0.6) is 5.75 Å². The number of aromatic nitrogens is 1. The Morgan fingerprint density at radius 1 is 1.04 bits per heavy atom. The van der Waals surface area contributed by atoms with E-state index in [1.165, 1.54) is 6.07 Å². The lowest BCUT2D eigenvalue weighted by Gasteiger charge is -2.21. The van der Waals surface area contributed by atoms with Crippen LogP contribution in [0.15, 0.2) is 48.7 Å². The molecule has 3 aromatic rings. The number of hydrogen-bond donors (Lipinski definition) is 1. The van der Waals surface area contributed by atoms with Gasteiger partial charge in [-0.1, -0.05) is 50.0 Å². The summed E-state index contributed by atoms with van der Waals surface area (Å²) >= 11 is 0. The topological polar surface area (TPSA) is 59.2 Å².